The summed E-state index contributed by atoms with van der Waals surface area (Å²) in [6, 6.07) is 3.27. The second kappa shape index (κ2) is 11.3. The average Bonchev–Trinajstić information content (AvgIpc) is 3.03. The summed E-state index contributed by atoms with van der Waals surface area (Å²) in [4.78, 5) is 17.8. The quantitative estimate of drug-likeness (QED) is 0.315. The maximum absolute atomic E-state index is 11.0. The predicted molar refractivity (Wildman–Crippen MR) is 103 cm³/mol. The van der Waals surface area contributed by atoms with Gasteiger partial charge in [-0.3, -0.25) is 9.69 Å². The molecule has 1 amide bonds. The molecule has 9 heteroatoms. The third-order valence-corrected chi connectivity index (χ3v) is 3.47. The monoisotopic (exact) mass is 451 g/mol. The highest BCUT2D eigenvalue weighted by molar-refractivity contribution is 14.0. The molecule has 0 aromatic carbocycles. The first-order valence-electron chi connectivity index (χ1n) is 7.90. The van der Waals surface area contributed by atoms with Gasteiger partial charge in [-0.1, -0.05) is 0 Å². The number of morpholine rings is 1. The van der Waals surface area contributed by atoms with Crippen molar-refractivity contribution in [1.29, 1.82) is 0 Å². The minimum atomic E-state index is -0.573. The first-order chi connectivity index (χ1) is 11.2. The Balaban J connectivity index is 0.00000288. The number of furan rings is 1. The Morgan fingerprint density at radius 3 is 2.71 bits per heavy atom. The smallest absolute Gasteiger partial charge is 0.284 e. The molecule has 0 atom stereocenters. The van der Waals surface area contributed by atoms with Gasteiger partial charge in [-0.05, 0) is 19.1 Å². The molecular weight excluding hydrogens is 425 g/mol. The van der Waals surface area contributed by atoms with Gasteiger partial charge in [-0.2, -0.15) is 0 Å². The number of nitrogens with zero attached hydrogens (tertiary/aromatic N) is 2. The van der Waals surface area contributed by atoms with E-state index in [4.69, 9.17) is 14.9 Å². The molecule has 24 heavy (non-hydrogen) atoms. The summed E-state index contributed by atoms with van der Waals surface area (Å²) in [6.45, 7) is 8.42. The van der Waals surface area contributed by atoms with Gasteiger partial charge in [0.05, 0.1) is 13.2 Å². The minimum Gasteiger partial charge on any atom is -0.454 e. The lowest BCUT2D eigenvalue weighted by Crippen LogP contribution is -2.44. The minimum absolute atomic E-state index is 0. The molecule has 2 rings (SSSR count). The highest BCUT2D eigenvalue weighted by Crippen LogP contribution is 2.08. The fourth-order valence-electron chi connectivity index (χ4n) is 2.25. The lowest BCUT2D eigenvalue weighted by molar-refractivity contribution is 0.0389. The molecule has 2 heterocycles. The number of carbonyl (C=O) groups excluding carboxylic acids is 1. The van der Waals surface area contributed by atoms with E-state index in [1.807, 2.05) is 6.92 Å². The largest absolute Gasteiger partial charge is 0.454 e. The van der Waals surface area contributed by atoms with Crippen LogP contribution in [0.15, 0.2) is 21.5 Å². The molecular formula is C15H26IN5O3. The zero-order valence-corrected chi connectivity index (χ0v) is 16.2. The Labute approximate surface area is 159 Å². The number of ether oxygens (including phenoxy) is 1. The number of guanidine groups is 1. The van der Waals surface area contributed by atoms with Crippen LogP contribution in [-0.2, 0) is 11.3 Å². The SMILES string of the molecule is CCNC(=NCc1ccc(C(N)=O)o1)NCCN1CCOCC1.I. The van der Waals surface area contributed by atoms with Gasteiger partial charge in [-0.25, -0.2) is 4.99 Å². The number of primary amides is 1. The van der Waals surface area contributed by atoms with Crippen LogP contribution in [0, 0.1) is 0 Å². The number of amides is 1. The third-order valence-electron chi connectivity index (χ3n) is 3.47. The maximum atomic E-state index is 11.0. The zero-order chi connectivity index (χ0) is 16.5. The Morgan fingerprint density at radius 2 is 2.08 bits per heavy atom. The van der Waals surface area contributed by atoms with E-state index in [9.17, 15) is 4.79 Å². The number of nitrogens with one attached hydrogen (secondary N) is 2. The van der Waals surface area contributed by atoms with Crippen molar-refractivity contribution in [2.75, 3.05) is 45.9 Å². The molecule has 136 valence electrons. The van der Waals surface area contributed by atoms with Crippen molar-refractivity contribution in [2.24, 2.45) is 10.7 Å². The summed E-state index contributed by atoms with van der Waals surface area (Å²) in [5, 5.41) is 6.47. The Kier molecular flexibility index (Phi) is 9.72. The van der Waals surface area contributed by atoms with E-state index < -0.39 is 5.91 Å². The Morgan fingerprint density at radius 1 is 1.33 bits per heavy atom. The van der Waals surface area contributed by atoms with Crippen molar-refractivity contribution in [3.63, 3.8) is 0 Å². The van der Waals surface area contributed by atoms with Crippen LogP contribution >= 0.6 is 24.0 Å². The molecule has 0 unspecified atom stereocenters. The fourth-order valence-corrected chi connectivity index (χ4v) is 2.25. The number of hydrogen-bond donors (Lipinski definition) is 3. The summed E-state index contributed by atoms with van der Waals surface area (Å²) < 4.78 is 10.6. The predicted octanol–water partition coefficient (Wildman–Crippen LogP) is 0.384. The van der Waals surface area contributed by atoms with Crippen molar-refractivity contribution in [3.05, 3.63) is 23.7 Å². The summed E-state index contributed by atoms with van der Waals surface area (Å²) >= 11 is 0. The van der Waals surface area contributed by atoms with E-state index in [1.165, 1.54) is 0 Å². The van der Waals surface area contributed by atoms with Crippen LogP contribution in [0.2, 0.25) is 0 Å². The Bertz CT molecular complexity index is 529. The lowest BCUT2D eigenvalue weighted by atomic mass is 10.4. The molecule has 0 aliphatic carbocycles. The summed E-state index contributed by atoms with van der Waals surface area (Å²) in [5.74, 6) is 0.901. The van der Waals surface area contributed by atoms with Gasteiger partial charge in [-0.15, -0.1) is 24.0 Å². The molecule has 1 aromatic heterocycles. The van der Waals surface area contributed by atoms with Crippen molar-refractivity contribution in [2.45, 2.75) is 13.5 Å². The molecule has 8 nitrogen and oxygen atoms in total. The number of halogens is 1. The van der Waals surface area contributed by atoms with Crippen LogP contribution in [0.4, 0.5) is 0 Å². The molecule has 0 spiro atoms. The van der Waals surface area contributed by atoms with Gasteiger partial charge in [0.2, 0.25) is 0 Å². The maximum Gasteiger partial charge on any atom is 0.284 e. The Hall–Kier alpha value is -1.33. The van der Waals surface area contributed by atoms with Crippen LogP contribution < -0.4 is 16.4 Å². The van der Waals surface area contributed by atoms with Gasteiger partial charge < -0.3 is 25.5 Å². The zero-order valence-electron chi connectivity index (χ0n) is 13.9. The third kappa shape index (κ3) is 7.05. The molecule has 1 fully saturated rings. The van der Waals surface area contributed by atoms with E-state index in [0.717, 1.165) is 51.9 Å². The van der Waals surface area contributed by atoms with E-state index in [0.29, 0.717) is 12.3 Å². The normalized spacial score (nSPS) is 15.6. The first kappa shape index (κ1) is 20.7. The summed E-state index contributed by atoms with van der Waals surface area (Å²) in [6.07, 6.45) is 0. The number of hydrogen-bond acceptors (Lipinski definition) is 5. The van der Waals surface area contributed by atoms with Gasteiger partial charge in [0, 0.05) is 32.7 Å². The lowest BCUT2D eigenvalue weighted by Gasteiger charge is -2.26. The second-order valence-electron chi connectivity index (χ2n) is 5.21. The molecule has 1 saturated heterocycles. The molecule has 0 saturated carbocycles. The molecule has 1 aliphatic heterocycles. The van der Waals surface area contributed by atoms with Crippen molar-refractivity contribution in [1.82, 2.24) is 15.5 Å². The average molecular weight is 451 g/mol. The molecule has 0 radical (unpaired) electrons. The van der Waals surface area contributed by atoms with E-state index in [1.54, 1.807) is 12.1 Å². The molecule has 1 aliphatic rings. The van der Waals surface area contributed by atoms with Crippen LogP contribution in [0.25, 0.3) is 0 Å². The van der Waals surface area contributed by atoms with Gasteiger partial charge in [0.15, 0.2) is 11.7 Å². The van der Waals surface area contributed by atoms with Crippen molar-refractivity contribution >= 4 is 35.8 Å². The van der Waals surface area contributed by atoms with Gasteiger partial charge >= 0.3 is 0 Å². The van der Waals surface area contributed by atoms with Gasteiger partial charge in [0.1, 0.15) is 12.3 Å². The molecule has 1 aromatic rings. The highest BCUT2D eigenvalue weighted by atomic mass is 127. The van der Waals surface area contributed by atoms with Crippen LogP contribution in [0.1, 0.15) is 23.2 Å². The second-order valence-corrected chi connectivity index (χ2v) is 5.21. The topological polar surface area (TPSA) is 105 Å². The number of carbonyl (C=O) groups is 1. The number of rotatable bonds is 7. The van der Waals surface area contributed by atoms with Crippen molar-refractivity contribution in [3.8, 4) is 0 Å². The number of nitrogens with two attached hydrogens (primary N) is 1. The van der Waals surface area contributed by atoms with Crippen LogP contribution in [0.5, 0.6) is 0 Å². The summed E-state index contributed by atoms with van der Waals surface area (Å²) in [7, 11) is 0. The summed E-state index contributed by atoms with van der Waals surface area (Å²) in [5.41, 5.74) is 5.16. The van der Waals surface area contributed by atoms with E-state index in [2.05, 4.69) is 20.5 Å². The van der Waals surface area contributed by atoms with E-state index in [-0.39, 0.29) is 29.7 Å². The van der Waals surface area contributed by atoms with Gasteiger partial charge in [0.25, 0.3) is 5.91 Å². The molecule has 4 N–H and O–H groups in total. The number of aliphatic imine (C=N–C) groups is 1. The van der Waals surface area contributed by atoms with Crippen LogP contribution in [-0.4, -0.2) is 62.7 Å². The molecule has 0 bridgehead atoms. The standard InChI is InChI=1S/C15H25N5O3.HI/c1-2-17-15(18-5-6-20-7-9-22-10-8-20)19-11-12-3-4-13(23-12)14(16)21;/h3-4H,2,5-11H2,1H3,(H2,16,21)(H2,17,18,19);1H. The van der Waals surface area contributed by atoms with Crippen molar-refractivity contribution < 1.29 is 13.9 Å². The first-order valence-corrected chi connectivity index (χ1v) is 7.90. The van der Waals surface area contributed by atoms with E-state index >= 15 is 0 Å². The fraction of sp³-hybridized carbons (Fsp3) is 0.600. The van der Waals surface area contributed by atoms with Crippen LogP contribution in [0.3, 0.4) is 0 Å². The highest BCUT2D eigenvalue weighted by Gasteiger charge is 2.10.